The van der Waals surface area contributed by atoms with Gasteiger partial charge in [0.15, 0.2) is 0 Å². The molecule has 4 heteroatoms. The van der Waals surface area contributed by atoms with Crippen LogP contribution in [-0.2, 0) is 4.79 Å². The molecule has 0 aliphatic heterocycles. The number of nitrogen functional groups attached to an aromatic ring is 1. The zero-order valence-electron chi connectivity index (χ0n) is 9.12. The average Bonchev–Trinajstić information content (AvgIpc) is 2.09. The van der Waals surface area contributed by atoms with Crippen molar-refractivity contribution in [2.45, 2.75) is 20.8 Å². The molecule has 0 atom stereocenters. The highest BCUT2D eigenvalue weighted by atomic mass is 19.1. The van der Waals surface area contributed by atoms with E-state index in [1.54, 1.807) is 32.9 Å². The molecule has 0 aliphatic carbocycles. The second-order valence-corrected chi connectivity index (χ2v) is 4.08. The van der Waals surface area contributed by atoms with Gasteiger partial charge < -0.3 is 10.8 Å². The summed E-state index contributed by atoms with van der Waals surface area (Å²) in [5.41, 5.74) is 4.76. The molecule has 0 saturated heterocycles. The molecule has 15 heavy (non-hydrogen) atoms. The van der Waals surface area contributed by atoms with Crippen LogP contribution >= 0.6 is 0 Å². The number of aliphatic carboxylic acids is 1. The van der Waals surface area contributed by atoms with Crippen LogP contribution < -0.4 is 5.73 Å². The third-order valence-corrected chi connectivity index (χ3v) is 1.55. The molecule has 0 spiro atoms. The van der Waals surface area contributed by atoms with Crippen molar-refractivity contribution in [2.24, 2.45) is 5.41 Å². The predicted octanol–water partition coefficient (Wildman–Crippen LogP) is 2.53. The summed E-state index contributed by atoms with van der Waals surface area (Å²) in [6, 6.07) is 6.15. The summed E-state index contributed by atoms with van der Waals surface area (Å²) in [6.45, 7) is 4.99. The van der Waals surface area contributed by atoms with E-state index in [1.165, 1.54) is 12.1 Å². The second-order valence-electron chi connectivity index (χ2n) is 4.08. The van der Waals surface area contributed by atoms with E-state index >= 15 is 0 Å². The van der Waals surface area contributed by atoms with Crippen molar-refractivity contribution in [2.75, 3.05) is 5.73 Å². The largest absolute Gasteiger partial charge is 0.481 e. The van der Waals surface area contributed by atoms with Crippen LogP contribution in [0.1, 0.15) is 20.8 Å². The summed E-state index contributed by atoms with van der Waals surface area (Å²) < 4.78 is 12.2. The number of nitrogens with two attached hydrogens (primary N) is 1. The Morgan fingerprint density at radius 2 is 1.73 bits per heavy atom. The molecule has 0 saturated carbocycles. The molecular formula is C11H16FNO2. The highest BCUT2D eigenvalue weighted by Gasteiger charge is 2.18. The lowest BCUT2D eigenvalue weighted by Crippen LogP contribution is -2.18. The van der Waals surface area contributed by atoms with E-state index in [-0.39, 0.29) is 11.5 Å². The first-order valence-corrected chi connectivity index (χ1v) is 4.48. The van der Waals surface area contributed by atoms with Gasteiger partial charge in [0.2, 0.25) is 0 Å². The van der Waals surface area contributed by atoms with Crippen LogP contribution in [-0.4, -0.2) is 11.1 Å². The van der Waals surface area contributed by atoms with Crippen LogP contribution in [0.25, 0.3) is 0 Å². The summed E-state index contributed by atoms with van der Waals surface area (Å²) in [6.07, 6.45) is 0. The fourth-order valence-electron chi connectivity index (χ4n) is 0.475. The summed E-state index contributed by atoms with van der Waals surface area (Å²) in [5, 5.41) is 8.25. The van der Waals surface area contributed by atoms with Crippen molar-refractivity contribution < 1.29 is 14.3 Å². The summed E-state index contributed by atoms with van der Waals surface area (Å²) in [7, 11) is 0. The molecule has 84 valence electrons. The minimum absolute atomic E-state index is 0.201. The lowest BCUT2D eigenvalue weighted by molar-refractivity contribution is -0.145. The number of para-hydroxylation sites is 1. The number of anilines is 1. The molecule has 1 aromatic carbocycles. The van der Waals surface area contributed by atoms with E-state index in [0.29, 0.717) is 0 Å². The van der Waals surface area contributed by atoms with Gasteiger partial charge in [0.05, 0.1) is 11.1 Å². The number of hydrogen-bond acceptors (Lipinski definition) is 2. The molecule has 0 unspecified atom stereocenters. The fraction of sp³-hybridized carbons (Fsp3) is 0.364. The number of carboxylic acids is 1. The Kier molecular flexibility index (Phi) is 4.78. The smallest absolute Gasteiger partial charge is 0.308 e. The highest BCUT2D eigenvalue weighted by Crippen LogP contribution is 2.11. The minimum Gasteiger partial charge on any atom is -0.481 e. The Bertz CT molecular complexity index is 311. The SMILES string of the molecule is CC(C)(C)C(=O)O.Nc1ccccc1F. The highest BCUT2D eigenvalue weighted by molar-refractivity contribution is 5.72. The Morgan fingerprint density at radius 1 is 1.33 bits per heavy atom. The van der Waals surface area contributed by atoms with Crippen molar-refractivity contribution in [1.29, 1.82) is 0 Å². The number of halogens is 1. The lowest BCUT2D eigenvalue weighted by atomic mass is 9.98. The maximum atomic E-state index is 12.2. The summed E-state index contributed by atoms with van der Waals surface area (Å²) in [4.78, 5) is 10.0. The van der Waals surface area contributed by atoms with Crippen LogP contribution in [0.2, 0.25) is 0 Å². The minimum atomic E-state index is -0.757. The van der Waals surface area contributed by atoms with Gasteiger partial charge in [-0.25, -0.2) is 4.39 Å². The van der Waals surface area contributed by atoms with Crippen molar-refractivity contribution >= 4 is 11.7 Å². The van der Waals surface area contributed by atoms with Gasteiger partial charge in [0.25, 0.3) is 0 Å². The van der Waals surface area contributed by atoms with Crippen LogP contribution in [0.3, 0.4) is 0 Å². The third kappa shape index (κ3) is 5.67. The maximum Gasteiger partial charge on any atom is 0.308 e. The lowest BCUT2D eigenvalue weighted by Gasteiger charge is -2.08. The maximum absolute atomic E-state index is 12.2. The monoisotopic (exact) mass is 213 g/mol. The predicted molar refractivity (Wildman–Crippen MR) is 57.9 cm³/mol. The summed E-state index contributed by atoms with van der Waals surface area (Å²) in [5.74, 6) is -1.11. The molecule has 0 bridgehead atoms. The molecule has 0 heterocycles. The number of carbonyl (C=O) groups is 1. The average molecular weight is 213 g/mol. The van der Waals surface area contributed by atoms with Gasteiger partial charge >= 0.3 is 5.97 Å². The van der Waals surface area contributed by atoms with E-state index in [2.05, 4.69) is 0 Å². The van der Waals surface area contributed by atoms with Crippen LogP contribution in [0.5, 0.6) is 0 Å². The second kappa shape index (κ2) is 5.34. The first-order chi connectivity index (χ1) is 6.75. The zero-order chi connectivity index (χ0) is 12.1. The molecule has 0 aromatic heterocycles. The fourth-order valence-corrected chi connectivity index (χ4v) is 0.475. The van der Waals surface area contributed by atoms with E-state index in [4.69, 9.17) is 10.8 Å². The molecule has 0 amide bonds. The standard InChI is InChI=1S/C6H6FN.C5H10O2/c7-5-3-1-2-4-6(5)8;1-5(2,3)4(6)7/h1-4H,8H2;1-3H3,(H,6,7). The van der Waals surface area contributed by atoms with Crippen molar-refractivity contribution in [3.05, 3.63) is 30.1 Å². The van der Waals surface area contributed by atoms with Crippen molar-refractivity contribution in [3.8, 4) is 0 Å². The van der Waals surface area contributed by atoms with Gasteiger partial charge in [0, 0.05) is 0 Å². The molecule has 3 nitrogen and oxygen atoms in total. The van der Waals surface area contributed by atoms with Crippen LogP contribution in [0.4, 0.5) is 10.1 Å². The molecule has 0 radical (unpaired) electrons. The molecule has 1 aromatic rings. The quantitative estimate of drug-likeness (QED) is 0.651. The number of rotatable bonds is 0. The molecule has 3 N–H and O–H groups in total. The van der Waals surface area contributed by atoms with E-state index < -0.39 is 11.4 Å². The normalized spacial score (nSPS) is 10.1. The van der Waals surface area contributed by atoms with Gasteiger partial charge in [0.1, 0.15) is 5.82 Å². The Balaban J connectivity index is 0.000000265. The number of hydrogen-bond donors (Lipinski definition) is 2. The Morgan fingerprint density at radius 3 is 1.93 bits per heavy atom. The summed E-state index contributed by atoms with van der Waals surface area (Å²) >= 11 is 0. The van der Waals surface area contributed by atoms with Crippen molar-refractivity contribution in [3.63, 3.8) is 0 Å². The third-order valence-electron chi connectivity index (χ3n) is 1.55. The van der Waals surface area contributed by atoms with E-state index in [0.717, 1.165) is 0 Å². The van der Waals surface area contributed by atoms with Gasteiger partial charge in [-0.1, -0.05) is 12.1 Å². The van der Waals surface area contributed by atoms with E-state index in [9.17, 15) is 9.18 Å². The van der Waals surface area contributed by atoms with Crippen LogP contribution in [0, 0.1) is 11.2 Å². The van der Waals surface area contributed by atoms with Crippen LogP contribution in [0.15, 0.2) is 24.3 Å². The molecule has 1 rings (SSSR count). The van der Waals surface area contributed by atoms with Gasteiger partial charge in [-0.05, 0) is 32.9 Å². The first-order valence-electron chi connectivity index (χ1n) is 4.48. The zero-order valence-corrected chi connectivity index (χ0v) is 9.12. The molecular weight excluding hydrogens is 197 g/mol. The number of carboxylic acid groups (broad SMARTS) is 1. The Labute approximate surface area is 88.7 Å². The van der Waals surface area contributed by atoms with Gasteiger partial charge in [-0.3, -0.25) is 4.79 Å². The molecule has 0 aliphatic rings. The Hall–Kier alpha value is -1.58. The topological polar surface area (TPSA) is 63.3 Å². The van der Waals surface area contributed by atoms with Crippen molar-refractivity contribution in [1.82, 2.24) is 0 Å². The van der Waals surface area contributed by atoms with E-state index in [1.807, 2.05) is 0 Å². The van der Waals surface area contributed by atoms with Gasteiger partial charge in [-0.15, -0.1) is 0 Å². The molecule has 0 fully saturated rings. The number of benzene rings is 1. The van der Waals surface area contributed by atoms with Gasteiger partial charge in [-0.2, -0.15) is 0 Å². The first kappa shape index (κ1) is 13.4.